The first-order valence-corrected chi connectivity index (χ1v) is 5.74. The predicted octanol–water partition coefficient (Wildman–Crippen LogP) is 2.98. The van der Waals surface area contributed by atoms with Crippen LogP contribution in [0.15, 0.2) is 16.5 Å². The maximum absolute atomic E-state index is 11.0. The highest BCUT2D eigenvalue weighted by Gasteiger charge is 2.20. The lowest BCUT2D eigenvalue weighted by atomic mass is 10.2. The van der Waals surface area contributed by atoms with Crippen molar-refractivity contribution in [1.82, 2.24) is 4.98 Å². The van der Waals surface area contributed by atoms with E-state index in [2.05, 4.69) is 4.98 Å². The van der Waals surface area contributed by atoms with E-state index in [-0.39, 0.29) is 27.5 Å². The van der Waals surface area contributed by atoms with E-state index in [0.717, 1.165) is 0 Å². The summed E-state index contributed by atoms with van der Waals surface area (Å²) in [4.78, 5) is 14.9. The molecule has 0 saturated carbocycles. The quantitative estimate of drug-likeness (QED) is 0.891. The summed E-state index contributed by atoms with van der Waals surface area (Å²) in [5.74, 6) is -0.990. The molecule has 0 saturated heterocycles. The molecule has 0 unspecified atom stereocenters. The molecule has 8 heteroatoms. The number of nitrogen functional groups attached to an aromatic ring is 1. The van der Waals surface area contributed by atoms with Crippen molar-refractivity contribution in [3.63, 3.8) is 0 Å². The fraction of sp³-hybridized carbons (Fsp3) is 0. The first-order valence-electron chi connectivity index (χ1n) is 4.61. The van der Waals surface area contributed by atoms with Gasteiger partial charge < -0.3 is 15.9 Å². The number of primary amides is 1. The first-order chi connectivity index (χ1) is 8.40. The van der Waals surface area contributed by atoms with Gasteiger partial charge in [-0.2, -0.15) is 0 Å². The van der Waals surface area contributed by atoms with Crippen molar-refractivity contribution in [2.75, 3.05) is 5.73 Å². The zero-order valence-corrected chi connectivity index (χ0v) is 11.0. The van der Waals surface area contributed by atoms with Crippen LogP contribution in [-0.2, 0) is 0 Å². The average molecular weight is 307 g/mol. The van der Waals surface area contributed by atoms with Gasteiger partial charge in [0.1, 0.15) is 0 Å². The van der Waals surface area contributed by atoms with Crippen molar-refractivity contribution < 1.29 is 9.21 Å². The van der Waals surface area contributed by atoms with Crippen molar-refractivity contribution in [3.05, 3.63) is 32.9 Å². The Bertz CT molecular complexity index is 616. The molecule has 94 valence electrons. The van der Waals surface area contributed by atoms with Crippen LogP contribution >= 0.6 is 34.8 Å². The van der Waals surface area contributed by atoms with Gasteiger partial charge in [0.15, 0.2) is 5.69 Å². The molecule has 2 rings (SSSR count). The lowest BCUT2D eigenvalue weighted by Crippen LogP contribution is -2.13. The molecule has 0 radical (unpaired) electrons. The lowest BCUT2D eigenvalue weighted by Gasteiger charge is -2.03. The number of amides is 1. The van der Waals surface area contributed by atoms with Gasteiger partial charge in [-0.3, -0.25) is 4.79 Å². The van der Waals surface area contributed by atoms with E-state index in [1.54, 1.807) is 0 Å². The van der Waals surface area contributed by atoms with Gasteiger partial charge in [-0.25, -0.2) is 4.98 Å². The minimum atomic E-state index is -0.802. The van der Waals surface area contributed by atoms with E-state index in [9.17, 15) is 4.79 Å². The average Bonchev–Trinajstić information content (AvgIpc) is 2.58. The van der Waals surface area contributed by atoms with E-state index >= 15 is 0 Å². The number of carbonyl (C=O) groups is 1. The Hall–Kier alpha value is -1.43. The van der Waals surface area contributed by atoms with Crippen LogP contribution in [0.4, 0.5) is 5.88 Å². The number of aromatic nitrogens is 1. The van der Waals surface area contributed by atoms with Crippen LogP contribution in [0.1, 0.15) is 10.5 Å². The number of benzene rings is 1. The number of nitrogens with zero attached hydrogens (tertiary/aromatic N) is 1. The zero-order valence-electron chi connectivity index (χ0n) is 8.71. The van der Waals surface area contributed by atoms with Crippen molar-refractivity contribution >= 4 is 46.6 Å². The first kappa shape index (κ1) is 13.0. The molecule has 1 aromatic heterocycles. The highest BCUT2D eigenvalue weighted by Crippen LogP contribution is 2.37. The summed E-state index contributed by atoms with van der Waals surface area (Å²) in [6.07, 6.45) is 0. The van der Waals surface area contributed by atoms with Crippen LogP contribution in [0.3, 0.4) is 0 Å². The third-order valence-electron chi connectivity index (χ3n) is 2.11. The number of carbonyl (C=O) groups excluding carboxylic acids is 1. The Labute approximate surface area is 117 Å². The standard InChI is InChI=1S/C10H6Cl3N3O2/c11-3-1-4(12)6(5(13)2-3)10-16-7(8(14)17)9(15)18-10/h1-2H,15H2,(H2,14,17). The van der Waals surface area contributed by atoms with Gasteiger partial charge in [0.25, 0.3) is 5.91 Å². The van der Waals surface area contributed by atoms with Gasteiger partial charge in [0.2, 0.25) is 11.8 Å². The van der Waals surface area contributed by atoms with Crippen LogP contribution in [0, 0.1) is 0 Å². The summed E-state index contributed by atoms with van der Waals surface area (Å²) in [6, 6.07) is 2.93. The fourth-order valence-corrected chi connectivity index (χ4v) is 2.34. The van der Waals surface area contributed by atoms with Gasteiger partial charge in [-0.15, -0.1) is 0 Å². The van der Waals surface area contributed by atoms with Crippen LogP contribution in [0.5, 0.6) is 0 Å². The molecular weight excluding hydrogens is 300 g/mol. The molecule has 4 N–H and O–H groups in total. The van der Waals surface area contributed by atoms with Crippen LogP contribution < -0.4 is 11.5 Å². The Kier molecular flexibility index (Phi) is 3.38. The van der Waals surface area contributed by atoms with Gasteiger partial charge >= 0.3 is 0 Å². The monoisotopic (exact) mass is 305 g/mol. The second kappa shape index (κ2) is 4.68. The number of anilines is 1. The molecule has 0 aliphatic rings. The van der Waals surface area contributed by atoms with E-state index in [1.807, 2.05) is 0 Å². The molecule has 1 heterocycles. The minimum Gasteiger partial charge on any atom is -0.420 e. The molecular formula is C10H6Cl3N3O2. The predicted molar refractivity (Wildman–Crippen MR) is 69.9 cm³/mol. The number of rotatable bonds is 2. The topological polar surface area (TPSA) is 95.1 Å². The fourth-order valence-electron chi connectivity index (χ4n) is 1.36. The number of halogens is 3. The SMILES string of the molecule is NC(=O)c1nc(-c2c(Cl)cc(Cl)cc2Cl)oc1N. The lowest BCUT2D eigenvalue weighted by molar-refractivity contribution is 0.0996. The normalized spacial score (nSPS) is 10.6. The van der Waals surface area contributed by atoms with E-state index in [0.29, 0.717) is 10.6 Å². The van der Waals surface area contributed by atoms with Gasteiger partial charge in [-0.05, 0) is 12.1 Å². The molecule has 1 amide bonds. The molecule has 18 heavy (non-hydrogen) atoms. The summed E-state index contributed by atoms with van der Waals surface area (Å²) in [6.45, 7) is 0. The molecule has 0 fully saturated rings. The van der Waals surface area contributed by atoms with Gasteiger partial charge in [-0.1, -0.05) is 34.8 Å². The third-order valence-corrected chi connectivity index (χ3v) is 2.92. The third kappa shape index (κ3) is 2.25. The highest BCUT2D eigenvalue weighted by molar-refractivity contribution is 6.41. The van der Waals surface area contributed by atoms with Crippen LogP contribution in [-0.4, -0.2) is 10.9 Å². The van der Waals surface area contributed by atoms with E-state index < -0.39 is 5.91 Å². The Morgan fingerprint density at radius 2 is 1.78 bits per heavy atom. The molecule has 1 aromatic carbocycles. The zero-order chi connectivity index (χ0) is 13.4. The second-order valence-corrected chi connectivity index (χ2v) is 4.59. The molecule has 0 aliphatic heterocycles. The van der Waals surface area contributed by atoms with Crippen LogP contribution in [0.25, 0.3) is 11.5 Å². The molecule has 2 aromatic rings. The second-order valence-electron chi connectivity index (χ2n) is 3.34. The number of oxazole rings is 1. The van der Waals surface area contributed by atoms with Crippen molar-refractivity contribution in [3.8, 4) is 11.5 Å². The van der Waals surface area contributed by atoms with Crippen molar-refractivity contribution in [1.29, 1.82) is 0 Å². The molecule has 0 aliphatic carbocycles. The Morgan fingerprint density at radius 1 is 1.22 bits per heavy atom. The van der Waals surface area contributed by atoms with Gasteiger partial charge in [0, 0.05) is 5.02 Å². The largest absolute Gasteiger partial charge is 0.420 e. The summed E-state index contributed by atoms with van der Waals surface area (Å²) >= 11 is 17.7. The molecule has 0 atom stereocenters. The minimum absolute atomic E-state index is 0.00738. The molecule has 0 spiro atoms. The molecule has 0 bridgehead atoms. The van der Waals surface area contributed by atoms with Gasteiger partial charge in [0.05, 0.1) is 15.6 Å². The Morgan fingerprint density at radius 3 is 2.22 bits per heavy atom. The van der Waals surface area contributed by atoms with E-state index in [1.165, 1.54) is 12.1 Å². The summed E-state index contributed by atoms with van der Waals surface area (Å²) in [5.41, 5.74) is 10.7. The number of hydrogen-bond acceptors (Lipinski definition) is 4. The van der Waals surface area contributed by atoms with Crippen LogP contribution in [0.2, 0.25) is 15.1 Å². The Balaban J connectivity index is 2.63. The maximum Gasteiger partial charge on any atom is 0.273 e. The van der Waals surface area contributed by atoms with E-state index in [4.69, 9.17) is 50.7 Å². The van der Waals surface area contributed by atoms with Crippen molar-refractivity contribution in [2.24, 2.45) is 5.73 Å². The highest BCUT2D eigenvalue weighted by atomic mass is 35.5. The summed E-state index contributed by atoms with van der Waals surface area (Å²) < 4.78 is 5.12. The van der Waals surface area contributed by atoms with Crippen molar-refractivity contribution in [2.45, 2.75) is 0 Å². The number of nitrogens with two attached hydrogens (primary N) is 2. The molecule has 5 nitrogen and oxygen atoms in total. The maximum atomic E-state index is 11.0. The summed E-state index contributed by atoms with van der Waals surface area (Å²) in [5, 5.41) is 0.818. The smallest absolute Gasteiger partial charge is 0.273 e. The number of hydrogen-bond donors (Lipinski definition) is 2. The summed E-state index contributed by atoms with van der Waals surface area (Å²) in [7, 11) is 0.